The number of halogens is 2. The highest BCUT2D eigenvalue weighted by atomic mass is 32.1. The summed E-state index contributed by atoms with van der Waals surface area (Å²) in [5.41, 5.74) is 3.55. The van der Waals surface area contributed by atoms with Crippen molar-refractivity contribution >= 4 is 27.4 Å². The van der Waals surface area contributed by atoms with Crippen LogP contribution in [-0.4, -0.2) is 22.8 Å². The van der Waals surface area contributed by atoms with E-state index in [9.17, 15) is 8.78 Å². The van der Waals surface area contributed by atoms with Crippen LogP contribution in [0.15, 0.2) is 11.1 Å². The minimum Gasteiger partial charge on any atom is -0.366 e. The summed E-state index contributed by atoms with van der Waals surface area (Å²) in [6.45, 7) is 5.88. The number of amidine groups is 1. The molecule has 2 aromatic heterocycles. The van der Waals surface area contributed by atoms with Gasteiger partial charge in [0.05, 0.1) is 11.4 Å². The lowest BCUT2D eigenvalue weighted by molar-refractivity contribution is -0.0549. The molecule has 1 N–H and O–H groups in total. The number of alkyl halides is 2. The molecule has 0 radical (unpaired) electrons. The maximum Gasteiger partial charge on any atom is 0.248 e. The summed E-state index contributed by atoms with van der Waals surface area (Å²) in [5.74, 6) is -2.11. The molecule has 1 aliphatic carbocycles. The van der Waals surface area contributed by atoms with Crippen LogP contribution in [0.3, 0.4) is 0 Å². The highest BCUT2D eigenvalue weighted by molar-refractivity contribution is 7.20. The average Bonchev–Trinajstić information content (AvgIpc) is 3.06. The summed E-state index contributed by atoms with van der Waals surface area (Å²) in [6, 6.07) is 2.36. The van der Waals surface area contributed by atoms with Crippen LogP contribution in [0.25, 0.3) is 10.2 Å². The van der Waals surface area contributed by atoms with Gasteiger partial charge in [-0.1, -0.05) is 0 Å². The normalized spacial score (nSPS) is 23.6. The summed E-state index contributed by atoms with van der Waals surface area (Å²) in [7, 11) is 0. The first-order valence-electron chi connectivity index (χ1n) is 8.91. The second kappa shape index (κ2) is 6.01. The lowest BCUT2D eigenvalue weighted by atomic mass is 9.82. The van der Waals surface area contributed by atoms with Gasteiger partial charge in [-0.05, 0) is 58.1 Å². The van der Waals surface area contributed by atoms with Crippen LogP contribution >= 0.6 is 11.3 Å². The third-order valence-corrected chi connectivity index (χ3v) is 6.61. The lowest BCUT2D eigenvalue weighted by Crippen LogP contribution is -2.40. The largest absolute Gasteiger partial charge is 0.366 e. The number of hydrogen-bond acceptors (Lipinski definition) is 4. The minimum absolute atomic E-state index is 0.240. The van der Waals surface area contributed by atoms with Gasteiger partial charge < -0.3 is 5.32 Å². The number of fused-ring (bicyclic) bond motifs is 3. The highest BCUT2D eigenvalue weighted by Gasteiger charge is 2.37. The maximum atomic E-state index is 13.5. The predicted molar refractivity (Wildman–Crippen MR) is 98.8 cm³/mol. The molecule has 1 aliphatic heterocycles. The fraction of sp³-hybridized carbons (Fsp3) is 0.579. The van der Waals surface area contributed by atoms with Gasteiger partial charge in [-0.25, -0.2) is 13.8 Å². The van der Waals surface area contributed by atoms with E-state index in [1.165, 1.54) is 21.4 Å². The number of aromatic nitrogens is 1. The summed E-state index contributed by atoms with van der Waals surface area (Å²) in [5, 5.41) is 4.77. The molecule has 0 unspecified atom stereocenters. The first-order valence-corrected chi connectivity index (χ1v) is 9.73. The number of pyridine rings is 1. The molecule has 134 valence electrons. The van der Waals surface area contributed by atoms with E-state index in [2.05, 4.69) is 28.3 Å². The molecular formula is C19H23F2N3S. The van der Waals surface area contributed by atoms with Crippen LogP contribution in [0.4, 0.5) is 8.78 Å². The quantitative estimate of drug-likeness (QED) is 0.817. The standard InChI is InChI=1S/C19H23F2N3S/c1-10-8-11(2)23-18-15(10)14-9-22-17(16(14)25-18)24-13-6-4-12(5-7-13)19(3,20)21/h8,12-13H,4-7,9H2,1-3H3,(H,22,24). The molecule has 3 heterocycles. The molecule has 0 bridgehead atoms. The van der Waals surface area contributed by atoms with E-state index < -0.39 is 11.8 Å². The molecule has 0 aromatic carbocycles. The molecule has 0 spiro atoms. The Hall–Kier alpha value is -1.56. The molecule has 25 heavy (non-hydrogen) atoms. The minimum atomic E-state index is -2.56. The van der Waals surface area contributed by atoms with Gasteiger partial charge in [0, 0.05) is 28.6 Å². The van der Waals surface area contributed by atoms with E-state index in [0.29, 0.717) is 19.4 Å². The third-order valence-electron chi connectivity index (χ3n) is 5.48. The zero-order chi connectivity index (χ0) is 17.8. The Balaban J connectivity index is 1.51. The Labute approximate surface area is 150 Å². The van der Waals surface area contributed by atoms with Crippen molar-refractivity contribution in [3.8, 4) is 0 Å². The van der Waals surface area contributed by atoms with E-state index in [1.54, 1.807) is 11.3 Å². The van der Waals surface area contributed by atoms with Crippen molar-refractivity contribution in [2.45, 2.75) is 65.0 Å². The van der Waals surface area contributed by atoms with Gasteiger partial charge in [0.25, 0.3) is 0 Å². The van der Waals surface area contributed by atoms with Gasteiger partial charge in [0.1, 0.15) is 10.7 Å². The number of hydrogen-bond donors (Lipinski definition) is 1. The van der Waals surface area contributed by atoms with Crippen molar-refractivity contribution in [3.05, 3.63) is 27.8 Å². The monoisotopic (exact) mass is 363 g/mol. The Morgan fingerprint density at radius 1 is 1.20 bits per heavy atom. The Bertz CT molecular complexity index is 842. The van der Waals surface area contributed by atoms with Gasteiger partial charge in [0.15, 0.2) is 0 Å². The molecule has 3 nitrogen and oxygen atoms in total. The number of aryl methyl sites for hydroxylation is 2. The van der Waals surface area contributed by atoms with Gasteiger partial charge in [-0.2, -0.15) is 0 Å². The fourth-order valence-corrected chi connectivity index (χ4v) is 5.42. The topological polar surface area (TPSA) is 37.3 Å². The molecule has 6 heteroatoms. The zero-order valence-corrected chi connectivity index (χ0v) is 15.6. The Morgan fingerprint density at radius 3 is 2.60 bits per heavy atom. The van der Waals surface area contributed by atoms with Crippen molar-refractivity contribution in [1.29, 1.82) is 0 Å². The van der Waals surface area contributed by atoms with Crippen molar-refractivity contribution in [1.82, 2.24) is 10.3 Å². The third kappa shape index (κ3) is 3.05. The summed E-state index contributed by atoms with van der Waals surface area (Å²) < 4.78 is 27.0. The number of nitrogens with one attached hydrogen (secondary N) is 1. The van der Waals surface area contributed by atoms with Crippen molar-refractivity contribution in [3.63, 3.8) is 0 Å². The number of aliphatic imine (C=N–C) groups is 1. The molecule has 1 saturated carbocycles. The van der Waals surface area contributed by atoms with Crippen LogP contribution in [0, 0.1) is 19.8 Å². The molecule has 2 aromatic rings. The average molecular weight is 363 g/mol. The predicted octanol–water partition coefficient (Wildman–Crippen LogP) is 4.98. The highest BCUT2D eigenvalue weighted by Crippen LogP contribution is 2.38. The molecule has 0 atom stereocenters. The molecule has 1 fully saturated rings. The van der Waals surface area contributed by atoms with E-state index >= 15 is 0 Å². The van der Waals surface area contributed by atoms with Gasteiger partial charge in [0.2, 0.25) is 5.92 Å². The van der Waals surface area contributed by atoms with Gasteiger partial charge >= 0.3 is 0 Å². The molecule has 4 rings (SSSR count). The zero-order valence-electron chi connectivity index (χ0n) is 14.8. The van der Waals surface area contributed by atoms with Crippen LogP contribution in [0.1, 0.15) is 54.3 Å². The van der Waals surface area contributed by atoms with Gasteiger partial charge in [-0.15, -0.1) is 11.3 Å². The first-order chi connectivity index (χ1) is 11.8. The first kappa shape index (κ1) is 16.9. The van der Waals surface area contributed by atoms with Crippen LogP contribution < -0.4 is 5.32 Å². The smallest absolute Gasteiger partial charge is 0.248 e. The molecule has 0 amide bonds. The van der Waals surface area contributed by atoms with Gasteiger partial charge in [-0.3, -0.25) is 4.99 Å². The summed E-state index contributed by atoms with van der Waals surface area (Å²) in [4.78, 5) is 11.6. The number of nitrogens with zero attached hydrogens (tertiary/aromatic N) is 2. The summed E-state index contributed by atoms with van der Waals surface area (Å²) >= 11 is 1.69. The number of rotatable bonds is 2. The Kier molecular flexibility index (Phi) is 4.06. The molecule has 0 saturated heterocycles. The molecular weight excluding hydrogens is 340 g/mol. The van der Waals surface area contributed by atoms with Crippen LogP contribution in [0.2, 0.25) is 0 Å². The SMILES string of the molecule is Cc1cc(C)c2c3c(sc2n1)C(NC1CCC(C(C)(F)F)CC1)=NC3. The van der Waals surface area contributed by atoms with Crippen molar-refractivity contribution in [2.24, 2.45) is 10.9 Å². The van der Waals surface area contributed by atoms with E-state index in [1.807, 2.05) is 6.92 Å². The van der Waals surface area contributed by atoms with E-state index in [-0.39, 0.29) is 6.04 Å². The second-order valence-corrected chi connectivity index (χ2v) is 8.48. The fourth-order valence-electron chi connectivity index (χ4n) is 4.14. The number of thiophene rings is 1. The van der Waals surface area contributed by atoms with Crippen molar-refractivity contribution in [2.75, 3.05) is 0 Å². The molecule has 2 aliphatic rings. The van der Waals surface area contributed by atoms with E-state index in [0.717, 1.165) is 36.1 Å². The van der Waals surface area contributed by atoms with Crippen molar-refractivity contribution < 1.29 is 8.78 Å². The second-order valence-electron chi connectivity index (χ2n) is 7.48. The van der Waals surface area contributed by atoms with E-state index in [4.69, 9.17) is 0 Å². The Morgan fingerprint density at radius 2 is 1.92 bits per heavy atom. The van der Waals surface area contributed by atoms with Crippen LogP contribution in [0.5, 0.6) is 0 Å². The lowest BCUT2D eigenvalue weighted by Gasteiger charge is -2.32. The summed E-state index contributed by atoms with van der Waals surface area (Å²) in [6.07, 6.45) is 2.72. The van der Waals surface area contributed by atoms with Crippen LogP contribution in [-0.2, 0) is 6.54 Å². The maximum absolute atomic E-state index is 13.5.